The van der Waals surface area contributed by atoms with Gasteiger partial charge in [-0.1, -0.05) is 30.3 Å². The van der Waals surface area contributed by atoms with E-state index in [9.17, 15) is 4.79 Å². The molecule has 0 fully saturated rings. The number of imidazole rings is 1. The van der Waals surface area contributed by atoms with Gasteiger partial charge in [0.05, 0.1) is 5.52 Å². The van der Waals surface area contributed by atoms with Crippen LogP contribution in [0.15, 0.2) is 48.7 Å². The minimum atomic E-state index is 0.0592. The molecule has 0 aliphatic carbocycles. The van der Waals surface area contributed by atoms with Gasteiger partial charge in [0, 0.05) is 25.1 Å². The van der Waals surface area contributed by atoms with Crippen molar-refractivity contribution >= 4 is 17.1 Å². The number of fused-ring (bicyclic) bond motifs is 1. The van der Waals surface area contributed by atoms with E-state index in [1.807, 2.05) is 37.3 Å². The number of H-pyrrole nitrogens is 1. The molecule has 0 saturated heterocycles. The first kappa shape index (κ1) is 16.2. The number of benzene rings is 1. The predicted octanol–water partition coefficient (Wildman–Crippen LogP) is 3.03. The zero-order valence-electron chi connectivity index (χ0n) is 13.8. The van der Waals surface area contributed by atoms with Crippen LogP contribution in [0.1, 0.15) is 31.2 Å². The summed E-state index contributed by atoms with van der Waals surface area (Å²) in [6, 6.07) is 14.3. The zero-order valence-corrected chi connectivity index (χ0v) is 13.8. The Morgan fingerprint density at radius 2 is 2.00 bits per heavy atom. The molecule has 3 rings (SSSR count). The minimum absolute atomic E-state index is 0.0592. The molecule has 2 heterocycles. The Balaban J connectivity index is 1.43. The van der Waals surface area contributed by atoms with Crippen molar-refractivity contribution in [2.45, 2.75) is 38.6 Å². The molecule has 24 heavy (non-hydrogen) atoms. The van der Waals surface area contributed by atoms with Gasteiger partial charge in [0.25, 0.3) is 0 Å². The van der Waals surface area contributed by atoms with Gasteiger partial charge in [-0.15, -0.1) is 0 Å². The van der Waals surface area contributed by atoms with Crippen LogP contribution in [-0.4, -0.2) is 26.9 Å². The monoisotopic (exact) mass is 322 g/mol. The lowest BCUT2D eigenvalue weighted by atomic mass is 10.1. The Kier molecular flexibility index (Phi) is 5.21. The molecule has 3 aromatic rings. The number of rotatable bonds is 7. The fraction of sp³-hybridized carbons (Fsp3) is 0.316. The molecule has 0 bridgehead atoms. The van der Waals surface area contributed by atoms with Crippen LogP contribution in [0.25, 0.3) is 11.2 Å². The van der Waals surface area contributed by atoms with Gasteiger partial charge in [0.1, 0.15) is 5.82 Å². The number of pyridine rings is 1. The Morgan fingerprint density at radius 1 is 1.17 bits per heavy atom. The van der Waals surface area contributed by atoms with Gasteiger partial charge in [0.2, 0.25) is 5.91 Å². The number of hydrogen-bond acceptors (Lipinski definition) is 3. The summed E-state index contributed by atoms with van der Waals surface area (Å²) < 4.78 is 0. The molecule has 0 saturated carbocycles. The molecular formula is C19H22N4O. The van der Waals surface area contributed by atoms with E-state index in [0.717, 1.165) is 24.2 Å². The van der Waals surface area contributed by atoms with E-state index in [0.29, 0.717) is 18.5 Å². The summed E-state index contributed by atoms with van der Waals surface area (Å²) in [6.07, 6.45) is 4.64. The van der Waals surface area contributed by atoms with Gasteiger partial charge in [-0.2, -0.15) is 0 Å². The normalized spacial score (nSPS) is 12.2. The number of aryl methyl sites for hydroxylation is 2. The highest BCUT2D eigenvalue weighted by molar-refractivity contribution is 5.76. The highest BCUT2D eigenvalue weighted by Gasteiger charge is 2.10. The summed E-state index contributed by atoms with van der Waals surface area (Å²) in [5, 5.41) is 3.06. The third-order valence-electron chi connectivity index (χ3n) is 4.01. The molecule has 2 N–H and O–H groups in total. The van der Waals surface area contributed by atoms with Crippen molar-refractivity contribution in [1.82, 2.24) is 20.3 Å². The van der Waals surface area contributed by atoms with E-state index in [1.165, 1.54) is 5.56 Å². The van der Waals surface area contributed by atoms with Gasteiger partial charge in [0.15, 0.2) is 5.65 Å². The molecule has 0 spiro atoms. The largest absolute Gasteiger partial charge is 0.354 e. The maximum atomic E-state index is 12.1. The number of aromatic amines is 1. The molecule has 0 aliphatic rings. The Morgan fingerprint density at radius 3 is 2.79 bits per heavy atom. The van der Waals surface area contributed by atoms with Gasteiger partial charge >= 0.3 is 0 Å². The van der Waals surface area contributed by atoms with E-state index in [2.05, 4.69) is 32.4 Å². The number of carbonyl (C=O) groups is 1. The standard InChI is InChI=1S/C19H22N4O/c1-14(9-10-15-6-3-2-4-7-15)21-18(24)12-11-17-22-16-8-5-13-20-19(16)23-17/h2-8,13-14H,9-12H2,1H3,(H,21,24)(H,20,22,23). The summed E-state index contributed by atoms with van der Waals surface area (Å²) in [5.41, 5.74) is 2.90. The van der Waals surface area contributed by atoms with E-state index in [1.54, 1.807) is 6.20 Å². The van der Waals surface area contributed by atoms with Crippen LogP contribution in [0.2, 0.25) is 0 Å². The number of nitrogens with one attached hydrogen (secondary N) is 2. The van der Waals surface area contributed by atoms with Crippen LogP contribution in [0, 0.1) is 0 Å². The second kappa shape index (κ2) is 7.73. The van der Waals surface area contributed by atoms with Crippen molar-refractivity contribution in [2.24, 2.45) is 0 Å². The van der Waals surface area contributed by atoms with Crippen molar-refractivity contribution < 1.29 is 4.79 Å². The number of nitrogens with zero attached hydrogens (tertiary/aromatic N) is 2. The lowest BCUT2D eigenvalue weighted by Crippen LogP contribution is -2.33. The summed E-state index contributed by atoms with van der Waals surface area (Å²) in [7, 11) is 0. The van der Waals surface area contributed by atoms with Crippen LogP contribution in [0.5, 0.6) is 0 Å². The average Bonchev–Trinajstić information content (AvgIpc) is 3.02. The first-order valence-electron chi connectivity index (χ1n) is 8.33. The second-order valence-corrected chi connectivity index (χ2v) is 6.05. The third kappa shape index (κ3) is 4.41. The highest BCUT2D eigenvalue weighted by Crippen LogP contribution is 2.09. The maximum absolute atomic E-state index is 12.1. The van der Waals surface area contributed by atoms with Crippen molar-refractivity contribution in [3.05, 3.63) is 60.0 Å². The summed E-state index contributed by atoms with van der Waals surface area (Å²) >= 11 is 0. The third-order valence-corrected chi connectivity index (χ3v) is 4.01. The molecule has 2 aromatic heterocycles. The zero-order chi connectivity index (χ0) is 16.8. The molecular weight excluding hydrogens is 300 g/mol. The maximum Gasteiger partial charge on any atom is 0.220 e. The van der Waals surface area contributed by atoms with Crippen LogP contribution < -0.4 is 5.32 Å². The van der Waals surface area contributed by atoms with Gasteiger partial charge in [-0.05, 0) is 37.5 Å². The topological polar surface area (TPSA) is 70.7 Å². The average molecular weight is 322 g/mol. The molecule has 124 valence electrons. The smallest absolute Gasteiger partial charge is 0.220 e. The second-order valence-electron chi connectivity index (χ2n) is 6.05. The van der Waals surface area contributed by atoms with Crippen molar-refractivity contribution in [2.75, 3.05) is 0 Å². The van der Waals surface area contributed by atoms with Crippen LogP contribution >= 0.6 is 0 Å². The first-order valence-corrected chi connectivity index (χ1v) is 8.33. The Bertz CT molecular complexity index is 764. The lowest BCUT2D eigenvalue weighted by molar-refractivity contribution is -0.121. The van der Waals surface area contributed by atoms with E-state index >= 15 is 0 Å². The number of carbonyl (C=O) groups excluding carboxylic acids is 1. The van der Waals surface area contributed by atoms with Gasteiger partial charge in [-0.3, -0.25) is 4.79 Å². The molecule has 1 atom stereocenters. The van der Waals surface area contributed by atoms with Crippen molar-refractivity contribution in [1.29, 1.82) is 0 Å². The van der Waals surface area contributed by atoms with E-state index in [4.69, 9.17) is 0 Å². The SMILES string of the molecule is CC(CCc1ccccc1)NC(=O)CCc1nc2ncccc2[nH]1. The van der Waals surface area contributed by atoms with Crippen LogP contribution in [0.4, 0.5) is 0 Å². The van der Waals surface area contributed by atoms with Gasteiger partial charge in [-0.25, -0.2) is 9.97 Å². The van der Waals surface area contributed by atoms with E-state index in [-0.39, 0.29) is 11.9 Å². The molecule has 1 unspecified atom stereocenters. The van der Waals surface area contributed by atoms with Crippen molar-refractivity contribution in [3.8, 4) is 0 Å². The van der Waals surface area contributed by atoms with Gasteiger partial charge < -0.3 is 10.3 Å². The summed E-state index contributed by atoms with van der Waals surface area (Å²) in [5.74, 6) is 0.861. The highest BCUT2D eigenvalue weighted by atomic mass is 16.1. The fourth-order valence-corrected chi connectivity index (χ4v) is 2.69. The Hall–Kier alpha value is -2.69. The van der Waals surface area contributed by atoms with Crippen LogP contribution in [0.3, 0.4) is 0 Å². The number of aromatic nitrogens is 3. The van der Waals surface area contributed by atoms with Crippen molar-refractivity contribution in [3.63, 3.8) is 0 Å². The lowest BCUT2D eigenvalue weighted by Gasteiger charge is -2.13. The molecule has 0 radical (unpaired) electrons. The summed E-state index contributed by atoms with van der Waals surface area (Å²) in [4.78, 5) is 23.9. The molecule has 1 aromatic carbocycles. The first-order chi connectivity index (χ1) is 11.7. The molecule has 1 amide bonds. The van der Waals surface area contributed by atoms with E-state index < -0.39 is 0 Å². The Labute approximate surface area is 141 Å². The predicted molar refractivity (Wildman–Crippen MR) is 94.6 cm³/mol. The number of amides is 1. The molecule has 0 aliphatic heterocycles. The fourth-order valence-electron chi connectivity index (χ4n) is 2.69. The molecule has 5 nitrogen and oxygen atoms in total. The minimum Gasteiger partial charge on any atom is -0.354 e. The quantitative estimate of drug-likeness (QED) is 0.702. The summed E-state index contributed by atoms with van der Waals surface area (Å²) in [6.45, 7) is 2.05. The number of hydrogen-bond donors (Lipinski definition) is 2. The van der Waals surface area contributed by atoms with Crippen LogP contribution in [-0.2, 0) is 17.6 Å². The molecule has 5 heteroatoms.